The van der Waals surface area contributed by atoms with Gasteiger partial charge in [0.2, 0.25) is 0 Å². The summed E-state index contributed by atoms with van der Waals surface area (Å²) in [5, 5.41) is 0. The molecule has 0 aliphatic heterocycles. The highest BCUT2D eigenvalue weighted by molar-refractivity contribution is 6.84. The molecule has 21 heavy (non-hydrogen) atoms. The highest BCUT2D eigenvalue weighted by Crippen LogP contribution is 2.21. The molecule has 0 amide bonds. The summed E-state index contributed by atoms with van der Waals surface area (Å²) in [5.41, 5.74) is 4.21. The predicted molar refractivity (Wildman–Crippen MR) is 92.4 cm³/mol. The molecule has 0 fully saturated rings. The molecule has 0 saturated carbocycles. The minimum Gasteiger partial charge on any atom is -0.462 e. The highest BCUT2D eigenvalue weighted by Gasteiger charge is 2.22. The van der Waals surface area contributed by atoms with Crippen LogP contribution in [-0.2, 0) is 4.74 Å². The normalized spacial score (nSPS) is 11.8. The van der Waals surface area contributed by atoms with Gasteiger partial charge in [-0.2, -0.15) is 0 Å². The number of benzene rings is 1. The lowest BCUT2D eigenvalue weighted by Crippen LogP contribution is -2.28. The van der Waals surface area contributed by atoms with Crippen molar-refractivity contribution in [3.8, 4) is 0 Å². The maximum absolute atomic E-state index is 11.8. The van der Waals surface area contributed by atoms with Gasteiger partial charge in [0.1, 0.15) is 0 Å². The number of hydrogen-bond acceptors (Lipinski definition) is 2. The lowest BCUT2D eigenvalue weighted by Gasteiger charge is -2.23. The smallest absolute Gasteiger partial charge is 0.338 e. The van der Waals surface area contributed by atoms with Crippen molar-refractivity contribution in [1.29, 1.82) is 0 Å². The molecular weight excluding hydrogens is 276 g/mol. The Kier molecular flexibility index (Phi) is 7.44. The van der Waals surface area contributed by atoms with Crippen LogP contribution in [0.3, 0.4) is 0 Å². The van der Waals surface area contributed by atoms with Crippen LogP contribution in [0.15, 0.2) is 36.0 Å². The summed E-state index contributed by atoms with van der Waals surface area (Å²) in [4.78, 5) is 11.8. The van der Waals surface area contributed by atoms with E-state index in [1.807, 2.05) is 31.2 Å². The maximum Gasteiger partial charge on any atom is 0.338 e. The van der Waals surface area contributed by atoms with Crippen molar-refractivity contribution in [2.45, 2.75) is 52.2 Å². The standard InChI is InChI=1S/C18H28O2Si/c1-5-21(6-2,7-3)15-9-8-14-20-18(19)17-12-10-16(4)11-13-17/h9-13,15H,5-8,14H2,1-4H3/b15-9+. The molecular formula is C18H28O2Si. The molecule has 0 aliphatic carbocycles. The fourth-order valence-electron chi connectivity index (χ4n) is 2.43. The number of rotatable bonds is 8. The van der Waals surface area contributed by atoms with Gasteiger partial charge < -0.3 is 4.74 Å². The second kappa shape index (κ2) is 8.83. The lowest BCUT2D eigenvalue weighted by atomic mass is 10.1. The SMILES string of the molecule is CC[Si](/C=C/CCOC(=O)c1ccc(C)cc1)(CC)CC. The predicted octanol–water partition coefficient (Wildman–Crippen LogP) is 5.15. The number of carbonyl (C=O) groups excluding carboxylic acids is 1. The van der Waals surface area contributed by atoms with Crippen molar-refractivity contribution < 1.29 is 9.53 Å². The third kappa shape index (κ3) is 5.50. The van der Waals surface area contributed by atoms with Crippen LogP contribution in [-0.4, -0.2) is 20.7 Å². The molecule has 0 unspecified atom stereocenters. The summed E-state index contributed by atoms with van der Waals surface area (Å²) >= 11 is 0. The Morgan fingerprint density at radius 1 is 1.10 bits per heavy atom. The Balaban J connectivity index is 2.40. The van der Waals surface area contributed by atoms with Gasteiger partial charge >= 0.3 is 5.97 Å². The second-order valence-electron chi connectivity index (χ2n) is 5.62. The quantitative estimate of drug-likeness (QED) is 0.377. The monoisotopic (exact) mass is 304 g/mol. The van der Waals surface area contributed by atoms with E-state index in [2.05, 4.69) is 32.5 Å². The molecule has 0 heterocycles. The summed E-state index contributed by atoms with van der Waals surface area (Å²) in [6.07, 6.45) is 3.03. The molecule has 0 aliphatic rings. The average molecular weight is 305 g/mol. The van der Waals surface area contributed by atoms with E-state index in [1.54, 1.807) is 0 Å². The first-order valence-electron chi connectivity index (χ1n) is 7.98. The summed E-state index contributed by atoms with van der Waals surface area (Å²) < 4.78 is 5.31. The van der Waals surface area contributed by atoms with E-state index in [0.29, 0.717) is 12.2 Å². The fraction of sp³-hybridized carbons (Fsp3) is 0.500. The van der Waals surface area contributed by atoms with Gasteiger partial charge in [0.15, 0.2) is 0 Å². The minimum absolute atomic E-state index is 0.228. The van der Waals surface area contributed by atoms with Crippen LogP contribution >= 0.6 is 0 Å². The van der Waals surface area contributed by atoms with Gasteiger partial charge in [-0.1, -0.05) is 68.4 Å². The molecule has 1 aromatic carbocycles. The number of esters is 1. The molecule has 2 nitrogen and oxygen atoms in total. The first-order valence-corrected chi connectivity index (χ1v) is 10.7. The van der Waals surface area contributed by atoms with E-state index < -0.39 is 8.07 Å². The van der Waals surface area contributed by atoms with Crippen LogP contribution in [0.5, 0.6) is 0 Å². The van der Waals surface area contributed by atoms with Crippen LogP contribution in [0, 0.1) is 6.92 Å². The van der Waals surface area contributed by atoms with E-state index >= 15 is 0 Å². The van der Waals surface area contributed by atoms with Crippen molar-refractivity contribution in [3.63, 3.8) is 0 Å². The second-order valence-corrected chi connectivity index (χ2v) is 10.8. The third-order valence-corrected chi connectivity index (χ3v) is 9.56. The molecule has 0 bridgehead atoms. The van der Waals surface area contributed by atoms with Gasteiger partial charge in [-0.25, -0.2) is 4.79 Å². The first-order chi connectivity index (χ1) is 10.1. The summed E-state index contributed by atoms with van der Waals surface area (Å²) in [6.45, 7) is 9.35. The van der Waals surface area contributed by atoms with Crippen molar-refractivity contribution >= 4 is 14.0 Å². The minimum atomic E-state index is -1.19. The van der Waals surface area contributed by atoms with E-state index in [1.165, 1.54) is 18.1 Å². The topological polar surface area (TPSA) is 26.3 Å². The number of aryl methyl sites for hydroxylation is 1. The van der Waals surface area contributed by atoms with Crippen molar-refractivity contribution in [2.24, 2.45) is 0 Å². The Hall–Kier alpha value is -1.35. The van der Waals surface area contributed by atoms with E-state index in [9.17, 15) is 4.79 Å². The van der Waals surface area contributed by atoms with E-state index in [4.69, 9.17) is 4.74 Å². The van der Waals surface area contributed by atoms with Gasteiger partial charge in [-0.3, -0.25) is 0 Å². The number of ether oxygens (including phenoxy) is 1. The maximum atomic E-state index is 11.8. The number of carbonyl (C=O) groups is 1. The van der Waals surface area contributed by atoms with Gasteiger partial charge in [-0.15, -0.1) is 0 Å². The van der Waals surface area contributed by atoms with Crippen LogP contribution in [0.4, 0.5) is 0 Å². The van der Waals surface area contributed by atoms with Crippen LogP contribution in [0.2, 0.25) is 18.1 Å². The van der Waals surface area contributed by atoms with Gasteiger partial charge in [-0.05, 0) is 25.5 Å². The number of hydrogen-bond donors (Lipinski definition) is 0. The van der Waals surface area contributed by atoms with Crippen molar-refractivity contribution in [2.75, 3.05) is 6.61 Å². The van der Waals surface area contributed by atoms with Crippen LogP contribution in [0.1, 0.15) is 43.1 Å². The molecule has 3 heteroatoms. The Morgan fingerprint density at radius 3 is 2.19 bits per heavy atom. The summed E-state index contributed by atoms with van der Waals surface area (Å²) in [7, 11) is -1.19. The van der Waals surface area contributed by atoms with Gasteiger partial charge in [0, 0.05) is 0 Å². The third-order valence-electron chi connectivity index (χ3n) is 4.39. The van der Waals surface area contributed by atoms with Crippen molar-refractivity contribution in [3.05, 3.63) is 47.2 Å². The molecule has 0 atom stereocenters. The van der Waals surface area contributed by atoms with Gasteiger partial charge in [0.05, 0.1) is 20.2 Å². The van der Waals surface area contributed by atoms with Crippen LogP contribution < -0.4 is 0 Å². The Bertz CT molecular complexity index is 450. The van der Waals surface area contributed by atoms with E-state index in [-0.39, 0.29) is 5.97 Å². The molecule has 116 valence electrons. The zero-order valence-electron chi connectivity index (χ0n) is 13.8. The zero-order chi connectivity index (χ0) is 15.7. The molecule has 0 spiro atoms. The Labute approximate surface area is 130 Å². The van der Waals surface area contributed by atoms with E-state index in [0.717, 1.165) is 12.0 Å². The molecule has 1 aromatic rings. The first kappa shape index (κ1) is 17.7. The molecule has 1 rings (SSSR count). The largest absolute Gasteiger partial charge is 0.462 e. The molecule has 0 N–H and O–H groups in total. The fourth-order valence-corrected chi connectivity index (χ4v) is 5.30. The summed E-state index contributed by atoms with van der Waals surface area (Å²) in [5.74, 6) is -0.228. The van der Waals surface area contributed by atoms with Gasteiger partial charge in [0.25, 0.3) is 0 Å². The molecule has 0 aromatic heterocycles. The summed E-state index contributed by atoms with van der Waals surface area (Å²) in [6, 6.07) is 11.4. The van der Waals surface area contributed by atoms with Crippen LogP contribution in [0.25, 0.3) is 0 Å². The van der Waals surface area contributed by atoms with Crippen molar-refractivity contribution in [1.82, 2.24) is 0 Å². The molecule has 0 saturated heterocycles. The average Bonchev–Trinajstić information content (AvgIpc) is 2.52. The molecule has 0 radical (unpaired) electrons. The highest BCUT2D eigenvalue weighted by atomic mass is 28.3. The Morgan fingerprint density at radius 2 is 1.67 bits per heavy atom. The zero-order valence-corrected chi connectivity index (χ0v) is 14.8. The lowest BCUT2D eigenvalue weighted by molar-refractivity contribution is 0.0512.